The highest BCUT2D eigenvalue weighted by molar-refractivity contribution is 5.82. The van der Waals surface area contributed by atoms with Crippen LogP contribution in [0.5, 0.6) is 0 Å². The van der Waals surface area contributed by atoms with Crippen LogP contribution in [-0.2, 0) is 16.0 Å². The number of fused-ring (bicyclic) bond motifs is 4. The molecule has 0 aromatic carbocycles. The first-order valence-electron chi connectivity index (χ1n) is 10.4. The van der Waals surface area contributed by atoms with Gasteiger partial charge < -0.3 is 20.5 Å². The van der Waals surface area contributed by atoms with Crippen LogP contribution in [0.25, 0.3) is 0 Å². The number of amides is 2. The molecule has 148 valence electrons. The number of imidazole rings is 1. The van der Waals surface area contributed by atoms with Gasteiger partial charge in [0.2, 0.25) is 11.8 Å². The Kier molecular flexibility index (Phi) is 5.21. The van der Waals surface area contributed by atoms with E-state index in [0.29, 0.717) is 36.6 Å². The predicted molar refractivity (Wildman–Crippen MR) is 102 cm³/mol. The molecule has 7 heteroatoms. The predicted octanol–water partition coefficient (Wildman–Crippen LogP) is 1.31. The highest BCUT2D eigenvalue weighted by Gasteiger charge is 2.49. The zero-order chi connectivity index (χ0) is 19.0. The Balaban J connectivity index is 1.50. The topological polar surface area (TPSA) is 95.3 Å². The third-order valence-electron chi connectivity index (χ3n) is 6.70. The molecule has 0 saturated carbocycles. The summed E-state index contributed by atoms with van der Waals surface area (Å²) in [5, 5.41) is 0. The van der Waals surface area contributed by atoms with Gasteiger partial charge in [0.1, 0.15) is 0 Å². The molecular weight excluding hydrogens is 342 g/mol. The number of aromatic nitrogens is 2. The monoisotopic (exact) mass is 373 g/mol. The lowest BCUT2D eigenvalue weighted by Crippen LogP contribution is -2.66. The van der Waals surface area contributed by atoms with Crippen molar-refractivity contribution in [3.05, 3.63) is 18.2 Å². The average molecular weight is 374 g/mol. The maximum absolute atomic E-state index is 13.0. The fourth-order valence-electron chi connectivity index (χ4n) is 5.58. The molecule has 3 N–H and O–H groups in total. The van der Waals surface area contributed by atoms with Crippen molar-refractivity contribution in [2.75, 3.05) is 13.1 Å². The van der Waals surface area contributed by atoms with Gasteiger partial charge in [-0.25, -0.2) is 4.98 Å². The molecule has 4 rings (SSSR count). The Morgan fingerprint density at radius 3 is 2.96 bits per heavy atom. The van der Waals surface area contributed by atoms with Crippen molar-refractivity contribution in [2.24, 2.45) is 17.6 Å². The van der Waals surface area contributed by atoms with E-state index in [4.69, 9.17) is 5.73 Å². The van der Waals surface area contributed by atoms with Crippen LogP contribution < -0.4 is 5.73 Å². The normalized spacial score (nSPS) is 31.6. The molecule has 0 spiro atoms. The van der Waals surface area contributed by atoms with Gasteiger partial charge in [-0.2, -0.15) is 0 Å². The molecule has 2 bridgehead atoms. The number of H-pyrrole nitrogens is 1. The van der Waals surface area contributed by atoms with Crippen molar-refractivity contribution in [2.45, 2.75) is 70.0 Å². The molecule has 0 aliphatic carbocycles. The van der Waals surface area contributed by atoms with Gasteiger partial charge in [-0.15, -0.1) is 0 Å². The summed E-state index contributed by atoms with van der Waals surface area (Å²) in [6, 6.07) is 0.0416. The van der Waals surface area contributed by atoms with Crippen molar-refractivity contribution in [1.82, 2.24) is 19.8 Å². The fraction of sp³-hybridized carbons (Fsp3) is 0.750. The molecule has 7 nitrogen and oxygen atoms in total. The van der Waals surface area contributed by atoms with Crippen LogP contribution in [0.15, 0.2) is 12.5 Å². The van der Waals surface area contributed by atoms with Gasteiger partial charge in [0.15, 0.2) is 0 Å². The lowest BCUT2D eigenvalue weighted by molar-refractivity contribution is -0.157. The third kappa shape index (κ3) is 3.49. The van der Waals surface area contributed by atoms with Crippen molar-refractivity contribution >= 4 is 11.8 Å². The molecule has 4 heterocycles. The standard InChI is InChI=1S/C20H31N5O2/c1-2-4-17-13-7-14(18-5-3-6-19(26)25(17)18)11-24(10-13)20(27)16(21)8-15-9-22-12-23-15/h9,12-14,16-18H,2-8,10-11,21H2,1H3,(H,22,23)/t13-,14+,16-,17-,18-/m0/s1. The van der Waals surface area contributed by atoms with E-state index in [1.54, 1.807) is 12.5 Å². The van der Waals surface area contributed by atoms with Crippen LogP contribution in [0.2, 0.25) is 0 Å². The summed E-state index contributed by atoms with van der Waals surface area (Å²) in [5.41, 5.74) is 7.12. The second-order valence-corrected chi connectivity index (χ2v) is 8.50. The molecule has 0 unspecified atom stereocenters. The molecule has 2 amide bonds. The summed E-state index contributed by atoms with van der Waals surface area (Å²) >= 11 is 0. The number of carbonyl (C=O) groups excluding carboxylic acids is 2. The smallest absolute Gasteiger partial charge is 0.239 e. The summed E-state index contributed by atoms with van der Waals surface area (Å²) in [6.45, 7) is 3.65. The summed E-state index contributed by atoms with van der Waals surface area (Å²) < 4.78 is 0. The van der Waals surface area contributed by atoms with E-state index < -0.39 is 6.04 Å². The molecule has 3 saturated heterocycles. The first kappa shape index (κ1) is 18.5. The molecule has 5 atom stereocenters. The number of piperidine rings is 3. The first-order chi connectivity index (χ1) is 13.1. The molecule has 1 aromatic rings. The summed E-state index contributed by atoms with van der Waals surface area (Å²) in [6.07, 6.45) is 9.79. The minimum atomic E-state index is -0.544. The van der Waals surface area contributed by atoms with E-state index >= 15 is 0 Å². The maximum atomic E-state index is 13.0. The first-order valence-corrected chi connectivity index (χ1v) is 10.4. The average Bonchev–Trinajstić information content (AvgIpc) is 3.17. The number of nitrogens with two attached hydrogens (primary N) is 1. The lowest BCUT2D eigenvalue weighted by atomic mass is 9.71. The lowest BCUT2D eigenvalue weighted by Gasteiger charge is -2.57. The Morgan fingerprint density at radius 2 is 2.22 bits per heavy atom. The zero-order valence-electron chi connectivity index (χ0n) is 16.1. The maximum Gasteiger partial charge on any atom is 0.239 e. The van der Waals surface area contributed by atoms with Gasteiger partial charge >= 0.3 is 0 Å². The molecule has 27 heavy (non-hydrogen) atoms. The van der Waals surface area contributed by atoms with E-state index in [9.17, 15) is 9.59 Å². The molecule has 0 radical (unpaired) electrons. The van der Waals surface area contributed by atoms with Crippen molar-refractivity contribution in [3.63, 3.8) is 0 Å². The van der Waals surface area contributed by atoms with E-state index in [1.165, 1.54) is 0 Å². The summed E-state index contributed by atoms with van der Waals surface area (Å²) in [7, 11) is 0. The number of hydrogen-bond donors (Lipinski definition) is 2. The highest BCUT2D eigenvalue weighted by Crippen LogP contribution is 2.42. The molecule has 1 aromatic heterocycles. The third-order valence-corrected chi connectivity index (χ3v) is 6.70. The van der Waals surface area contributed by atoms with E-state index in [1.807, 2.05) is 4.90 Å². The number of nitrogens with zero attached hydrogens (tertiary/aromatic N) is 3. The van der Waals surface area contributed by atoms with Crippen LogP contribution in [0.1, 0.15) is 51.1 Å². The Labute approximate surface area is 160 Å². The number of hydrogen-bond acceptors (Lipinski definition) is 4. The van der Waals surface area contributed by atoms with Gasteiger partial charge in [0.05, 0.1) is 12.4 Å². The minimum Gasteiger partial charge on any atom is -0.348 e. The van der Waals surface area contributed by atoms with Gasteiger partial charge in [-0.05, 0) is 37.5 Å². The molecule has 3 aliphatic rings. The highest BCUT2D eigenvalue weighted by atomic mass is 16.2. The van der Waals surface area contributed by atoms with Crippen molar-refractivity contribution in [3.8, 4) is 0 Å². The van der Waals surface area contributed by atoms with E-state index in [2.05, 4.69) is 21.8 Å². The van der Waals surface area contributed by atoms with Crippen LogP contribution in [0.3, 0.4) is 0 Å². The van der Waals surface area contributed by atoms with Crippen molar-refractivity contribution < 1.29 is 9.59 Å². The van der Waals surface area contributed by atoms with Crippen molar-refractivity contribution in [1.29, 1.82) is 0 Å². The number of rotatable bonds is 5. The number of likely N-dealkylation sites (tertiary alicyclic amines) is 1. The Morgan fingerprint density at radius 1 is 1.41 bits per heavy atom. The second kappa shape index (κ2) is 7.62. The molecular formula is C20H31N5O2. The molecule has 3 aliphatic heterocycles. The minimum absolute atomic E-state index is 0.0325. The number of aromatic amines is 1. The Bertz CT molecular complexity index is 676. The number of nitrogens with one attached hydrogen (secondary N) is 1. The largest absolute Gasteiger partial charge is 0.348 e. The van der Waals surface area contributed by atoms with E-state index in [0.717, 1.165) is 50.9 Å². The second-order valence-electron chi connectivity index (χ2n) is 8.50. The van der Waals surface area contributed by atoms with E-state index in [-0.39, 0.29) is 11.9 Å². The Hall–Kier alpha value is -1.89. The van der Waals surface area contributed by atoms with Crippen LogP contribution in [-0.4, -0.2) is 62.8 Å². The van der Waals surface area contributed by atoms with Crippen LogP contribution in [0.4, 0.5) is 0 Å². The molecule has 3 fully saturated rings. The zero-order valence-corrected chi connectivity index (χ0v) is 16.1. The fourth-order valence-corrected chi connectivity index (χ4v) is 5.58. The van der Waals surface area contributed by atoms with Gasteiger partial charge in [-0.3, -0.25) is 9.59 Å². The SMILES string of the molecule is CCC[C@H]1[C@H]2C[C@H](CN(C(=O)[C@@H](N)Cc3cnc[nH]3)C2)[C@@H]2CCCC(=O)N21. The van der Waals surface area contributed by atoms with Gasteiger partial charge in [-0.1, -0.05) is 13.3 Å². The summed E-state index contributed by atoms with van der Waals surface area (Å²) in [5.74, 6) is 1.13. The quantitative estimate of drug-likeness (QED) is 0.813. The summed E-state index contributed by atoms with van der Waals surface area (Å²) in [4.78, 5) is 36.9. The van der Waals surface area contributed by atoms with Gasteiger partial charge in [0, 0.05) is 49.9 Å². The van der Waals surface area contributed by atoms with Gasteiger partial charge in [0.25, 0.3) is 0 Å². The van der Waals surface area contributed by atoms with Crippen LogP contribution >= 0.6 is 0 Å². The number of carbonyl (C=O) groups is 2. The van der Waals surface area contributed by atoms with Crippen LogP contribution in [0, 0.1) is 11.8 Å².